The van der Waals surface area contributed by atoms with Crippen LogP contribution in [0.15, 0.2) is 51.5 Å². The molecule has 0 fully saturated rings. The minimum absolute atomic E-state index is 0.420. The van der Waals surface area contributed by atoms with Crippen LogP contribution in [-0.4, -0.2) is 17.3 Å². The summed E-state index contributed by atoms with van der Waals surface area (Å²) >= 11 is 3.46. The molecule has 1 aromatic heterocycles. The normalized spacial score (nSPS) is 10.6. The molecular formula is C17H15BrN2O3. The Balaban J connectivity index is 1.70. The number of rotatable bonds is 5. The molecule has 0 radical (unpaired) electrons. The highest BCUT2D eigenvalue weighted by atomic mass is 79.9. The van der Waals surface area contributed by atoms with Gasteiger partial charge in [0.15, 0.2) is 0 Å². The first-order chi connectivity index (χ1) is 11.2. The van der Waals surface area contributed by atoms with Gasteiger partial charge in [-0.2, -0.15) is 4.98 Å². The third kappa shape index (κ3) is 3.71. The van der Waals surface area contributed by atoms with Crippen LogP contribution in [0.2, 0.25) is 0 Å². The molecule has 0 aliphatic heterocycles. The van der Waals surface area contributed by atoms with Crippen LogP contribution in [0, 0.1) is 6.92 Å². The highest BCUT2D eigenvalue weighted by Gasteiger charge is 2.07. The third-order valence-electron chi connectivity index (χ3n) is 3.28. The molecule has 0 saturated heterocycles. The molecule has 5 nitrogen and oxygen atoms in total. The summed E-state index contributed by atoms with van der Waals surface area (Å²) in [7, 11) is 1.65. The van der Waals surface area contributed by atoms with Gasteiger partial charge >= 0.3 is 0 Å². The summed E-state index contributed by atoms with van der Waals surface area (Å²) in [5, 5.41) is 3.89. The number of hydrogen-bond donors (Lipinski definition) is 0. The average molecular weight is 375 g/mol. The van der Waals surface area contributed by atoms with Crippen molar-refractivity contribution < 1.29 is 14.0 Å². The van der Waals surface area contributed by atoms with Crippen LogP contribution in [0.25, 0.3) is 11.4 Å². The van der Waals surface area contributed by atoms with E-state index in [9.17, 15) is 0 Å². The van der Waals surface area contributed by atoms with E-state index >= 15 is 0 Å². The molecule has 23 heavy (non-hydrogen) atoms. The van der Waals surface area contributed by atoms with Gasteiger partial charge in [0.25, 0.3) is 0 Å². The molecule has 0 amide bonds. The molecule has 0 aliphatic rings. The number of aromatic nitrogens is 2. The van der Waals surface area contributed by atoms with Crippen molar-refractivity contribution >= 4 is 15.9 Å². The monoisotopic (exact) mass is 374 g/mol. The highest BCUT2D eigenvalue weighted by molar-refractivity contribution is 9.10. The van der Waals surface area contributed by atoms with Gasteiger partial charge in [0.2, 0.25) is 11.7 Å². The first-order valence-electron chi connectivity index (χ1n) is 7.01. The summed E-state index contributed by atoms with van der Waals surface area (Å²) in [5.41, 5.74) is 1.86. The zero-order valence-electron chi connectivity index (χ0n) is 12.7. The molecule has 6 heteroatoms. The van der Waals surface area contributed by atoms with E-state index in [-0.39, 0.29) is 0 Å². The summed E-state index contributed by atoms with van der Waals surface area (Å²) in [4.78, 5) is 4.20. The van der Waals surface area contributed by atoms with Crippen molar-refractivity contribution in [3.05, 3.63) is 58.4 Å². The zero-order chi connectivity index (χ0) is 16.2. The van der Waals surface area contributed by atoms with Crippen molar-refractivity contribution in [2.45, 2.75) is 13.5 Å². The SMILES string of the molecule is COc1ccc(Br)cc1COc1ccc(-c2noc(C)n2)cc1. The molecular weight excluding hydrogens is 360 g/mol. The van der Waals surface area contributed by atoms with Gasteiger partial charge in [0, 0.05) is 22.5 Å². The smallest absolute Gasteiger partial charge is 0.223 e. The number of ether oxygens (including phenoxy) is 2. The lowest BCUT2D eigenvalue weighted by atomic mass is 10.2. The Bertz CT molecular complexity index is 800. The van der Waals surface area contributed by atoms with E-state index in [4.69, 9.17) is 14.0 Å². The van der Waals surface area contributed by atoms with Crippen molar-refractivity contribution in [3.63, 3.8) is 0 Å². The van der Waals surface area contributed by atoms with Gasteiger partial charge in [0.1, 0.15) is 18.1 Å². The fourth-order valence-corrected chi connectivity index (χ4v) is 2.55. The second-order valence-corrected chi connectivity index (χ2v) is 5.82. The summed E-state index contributed by atoms with van der Waals surface area (Å²) < 4.78 is 17.1. The van der Waals surface area contributed by atoms with Crippen molar-refractivity contribution in [1.82, 2.24) is 10.1 Å². The van der Waals surface area contributed by atoms with Crippen molar-refractivity contribution in [2.75, 3.05) is 7.11 Å². The fraction of sp³-hybridized carbons (Fsp3) is 0.176. The summed E-state index contributed by atoms with van der Waals surface area (Å²) in [5.74, 6) is 2.67. The summed E-state index contributed by atoms with van der Waals surface area (Å²) in [6.45, 7) is 2.18. The Kier molecular flexibility index (Phi) is 4.62. The lowest BCUT2D eigenvalue weighted by molar-refractivity contribution is 0.296. The Morgan fingerprint density at radius 1 is 1.13 bits per heavy atom. The number of halogens is 1. The van der Waals surface area contributed by atoms with Crippen LogP contribution in [0.4, 0.5) is 0 Å². The molecule has 118 valence electrons. The van der Waals surface area contributed by atoms with Gasteiger partial charge in [-0.05, 0) is 42.5 Å². The van der Waals surface area contributed by atoms with E-state index in [2.05, 4.69) is 26.1 Å². The third-order valence-corrected chi connectivity index (χ3v) is 3.77. The summed E-state index contributed by atoms with van der Waals surface area (Å²) in [6.07, 6.45) is 0. The molecule has 0 atom stereocenters. The molecule has 0 N–H and O–H groups in total. The lowest BCUT2D eigenvalue weighted by Gasteiger charge is -2.11. The number of benzene rings is 2. The van der Waals surface area contributed by atoms with Crippen molar-refractivity contribution in [1.29, 1.82) is 0 Å². The van der Waals surface area contributed by atoms with Crippen LogP contribution in [0.5, 0.6) is 11.5 Å². The maximum Gasteiger partial charge on any atom is 0.223 e. The van der Waals surface area contributed by atoms with Gasteiger partial charge < -0.3 is 14.0 Å². The number of aryl methyl sites for hydroxylation is 1. The predicted molar refractivity (Wildman–Crippen MR) is 89.5 cm³/mol. The number of methoxy groups -OCH3 is 1. The van der Waals surface area contributed by atoms with Gasteiger partial charge in [-0.25, -0.2) is 0 Å². The molecule has 2 aromatic carbocycles. The lowest BCUT2D eigenvalue weighted by Crippen LogP contribution is -1.98. The topological polar surface area (TPSA) is 57.4 Å². The Morgan fingerprint density at radius 3 is 2.57 bits per heavy atom. The largest absolute Gasteiger partial charge is 0.496 e. The predicted octanol–water partition coefficient (Wildman–Crippen LogP) is 4.40. The van der Waals surface area contributed by atoms with E-state index in [1.54, 1.807) is 14.0 Å². The molecule has 0 unspecified atom stereocenters. The van der Waals surface area contributed by atoms with Crippen LogP contribution in [0.3, 0.4) is 0 Å². The molecule has 3 rings (SSSR count). The fourth-order valence-electron chi connectivity index (χ4n) is 2.14. The summed E-state index contributed by atoms with van der Waals surface area (Å²) in [6, 6.07) is 13.4. The molecule has 0 saturated carbocycles. The van der Waals surface area contributed by atoms with E-state index in [1.165, 1.54) is 0 Å². The van der Waals surface area contributed by atoms with Gasteiger partial charge in [-0.15, -0.1) is 0 Å². The van der Waals surface area contributed by atoms with E-state index in [0.717, 1.165) is 27.1 Å². The quantitative estimate of drug-likeness (QED) is 0.662. The van der Waals surface area contributed by atoms with Crippen molar-refractivity contribution in [3.8, 4) is 22.9 Å². The maximum atomic E-state index is 5.82. The van der Waals surface area contributed by atoms with E-state index < -0.39 is 0 Å². The second-order valence-electron chi connectivity index (χ2n) is 4.91. The van der Waals surface area contributed by atoms with Gasteiger partial charge in [-0.3, -0.25) is 0 Å². The molecule has 1 heterocycles. The minimum Gasteiger partial charge on any atom is -0.496 e. The molecule has 0 spiro atoms. The minimum atomic E-state index is 0.420. The van der Waals surface area contributed by atoms with Gasteiger partial charge in [-0.1, -0.05) is 21.1 Å². The first-order valence-corrected chi connectivity index (χ1v) is 7.81. The van der Waals surface area contributed by atoms with E-state index in [0.29, 0.717) is 18.3 Å². The van der Waals surface area contributed by atoms with Gasteiger partial charge in [0.05, 0.1) is 7.11 Å². The highest BCUT2D eigenvalue weighted by Crippen LogP contribution is 2.25. The Hall–Kier alpha value is -2.34. The Labute approximate surface area is 142 Å². The molecule has 0 bridgehead atoms. The van der Waals surface area contributed by atoms with E-state index in [1.807, 2.05) is 42.5 Å². The van der Waals surface area contributed by atoms with Crippen molar-refractivity contribution in [2.24, 2.45) is 0 Å². The molecule has 3 aromatic rings. The van der Waals surface area contributed by atoms with Crippen LogP contribution in [-0.2, 0) is 6.61 Å². The van der Waals surface area contributed by atoms with Crippen LogP contribution >= 0.6 is 15.9 Å². The van der Waals surface area contributed by atoms with Crippen LogP contribution < -0.4 is 9.47 Å². The number of nitrogens with zero attached hydrogens (tertiary/aromatic N) is 2. The maximum absolute atomic E-state index is 5.82. The number of hydrogen-bond acceptors (Lipinski definition) is 5. The zero-order valence-corrected chi connectivity index (χ0v) is 14.3. The second kappa shape index (κ2) is 6.83. The standard InChI is InChI=1S/C17H15BrN2O3/c1-11-19-17(20-23-11)12-3-6-15(7-4-12)22-10-13-9-14(18)5-8-16(13)21-2/h3-9H,10H2,1-2H3. The first kappa shape index (κ1) is 15.6. The average Bonchev–Trinajstić information content (AvgIpc) is 3.00. The Morgan fingerprint density at radius 2 is 1.91 bits per heavy atom. The molecule has 0 aliphatic carbocycles. The van der Waals surface area contributed by atoms with Crippen LogP contribution in [0.1, 0.15) is 11.5 Å².